The number of halogens is 3. The highest BCUT2D eigenvalue weighted by molar-refractivity contribution is 5.96. The Hall–Kier alpha value is -2.35. The normalized spacial score (nSPS) is 14.2. The topological polar surface area (TPSA) is 75.4 Å². The summed E-state index contributed by atoms with van der Waals surface area (Å²) in [5.41, 5.74) is -2.78. The van der Waals surface area contributed by atoms with Gasteiger partial charge in [-0.1, -0.05) is 35.5 Å². The predicted octanol–water partition coefficient (Wildman–Crippen LogP) is 2.86. The number of hydrogen-bond acceptors (Lipinski definition) is 4. The number of alkyl halides is 3. The molecule has 1 aromatic heterocycles. The van der Waals surface area contributed by atoms with Gasteiger partial charge < -0.3 is 14.9 Å². The van der Waals surface area contributed by atoms with Crippen molar-refractivity contribution in [2.45, 2.75) is 32.0 Å². The Morgan fingerprint density at radius 3 is 2.38 bits per heavy atom. The van der Waals surface area contributed by atoms with Gasteiger partial charge in [-0.25, -0.2) is 0 Å². The van der Waals surface area contributed by atoms with Gasteiger partial charge in [0.25, 0.3) is 5.91 Å². The summed E-state index contributed by atoms with van der Waals surface area (Å²) in [7, 11) is 0. The largest absolute Gasteiger partial charge is 0.421 e. The minimum absolute atomic E-state index is 0.185. The fourth-order valence-corrected chi connectivity index (χ4v) is 2.42. The molecule has 1 heterocycles. The Bertz CT molecular complexity index is 694. The van der Waals surface area contributed by atoms with Gasteiger partial charge in [0.15, 0.2) is 5.60 Å². The first-order valence-electron chi connectivity index (χ1n) is 7.22. The molecule has 0 bridgehead atoms. The second-order valence-corrected chi connectivity index (χ2v) is 5.43. The van der Waals surface area contributed by atoms with Crippen LogP contribution in [0.4, 0.5) is 13.2 Å². The van der Waals surface area contributed by atoms with Crippen molar-refractivity contribution in [1.82, 2.24) is 10.5 Å². The second-order valence-electron chi connectivity index (χ2n) is 5.43. The molecular formula is C16H17F3N2O3. The second kappa shape index (κ2) is 6.64. The Morgan fingerprint density at radius 2 is 1.88 bits per heavy atom. The first-order chi connectivity index (χ1) is 11.2. The zero-order valence-corrected chi connectivity index (χ0v) is 13.1. The fourth-order valence-electron chi connectivity index (χ4n) is 2.42. The summed E-state index contributed by atoms with van der Waals surface area (Å²) in [5.74, 6) is -0.317. The molecule has 1 aromatic carbocycles. The zero-order valence-electron chi connectivity index (χ0n) is 13.1. The van der Waals surface area contributed by atoms with Crippen LogP contribution in [0.2, 0.25) is 0 Å². The van der Waals surface area contributed by atoms with E-state index in [2.05, 4.69) is 10.5 Å². The quantitative estimate of drug-likeness (QED) is 0.876. The molecule has 0 radical (unpaired) electrons. The van der Waals surface area contributed by atoms with Gasteiger partial charge in [-0.2, -0.15) is 13.2 Å². The first kappa shape index (κ1) is 18.0. The number of amides is 1. The first-order valence-corrected chi connectivity index (χ1v) is 7.22. The van der Waals surface area contributed by atoms with Gasteiger partial charge in [0, 0.05) is 13.0 Å². The smallest absolute Gasteiger partial charge is 0.376 e. The summed E-state index contributed by atoms with van der Waals surface area (Å²) in [4.78, 5) is 12.0. The van der Waals surface area contributed by atoms with E-state index in [1.54, 1.807) is 13.0 Å². The summed E-state index contributed by atoms with van der Waals surface area (Å²) in [6.45, 7) is 2.72. The summed E-state index contributed by atoms with van der Waals surface area (Å²) >= 11 is 0. The molecule has 0 saturated carbocycles. The molecule has 0 unspecified atom stereocenters. The lowest BCUT2D eigenvalue weighted by atomic mass is 9.89. The minimum Gasteiger partial charge on any atom is -0.376 e. The predicted molar refractivity (Wildman–Crippen MR) is 79.3 cm³/mol. The van der Waals surface area contributed by atoms with Crippen LogP contribution in [0.25, 0.3) is 0 Å². The fraction of sp³-hybridized carbons (Fsp3) is 0.375. The molecule has 24 heavy (non-hydrogen) atoms. The van der Waals surface area contributed by atoms with Gasteiger partial charge in [0.1, 0.15) is 11.3 Å². The van der Waals surface area contributed by atoms with Crippen molar-refractivity contribution in [3.05, 3.63) is 52.9 Å². The Labute approximate surface area is 136 Å². The summed E-state index contributed by atoms with van der Waals surface area (Å²) < 4.78 is 44.8. The Kier molecular flexibility index (Phi) is 4.98. The summed E-state index contributed by atoms with van der Waals surface area (Å²) in [6.07, 6.45) is -5.59. The van der Waals surface area contributed by atoms with E-state index in [9.17, 15) is 23.1 Å². The van der Waals surface area contributed by atoms with Crippen molar-refractivity contribution in [2.75, 3.05) is 6.54 Å². The van der Waals surface area contributed by atoms with Crippen LogP contribution in [0.3, 0.4) is 0 Å². The van der Waals surface area contributed by atoms with E-state index in [-0.39, 0.29) is 23.4 Å². The number of nitrogens with zero attached hydrogens (tertiary/aromatic N) is 1. The molecule has 1 amide bonds. The third-order valence-corrected chi connectivity index (χ3v) is 3.75. The molecule has 0 aliphatic heterocycles. The highest BCUT2D eigenvalue weighted by Gasteiger charge is 2.54. The maximum Gasteiger partial charge on any atom is 0.421 e. The summed E-state index contributed by atoms with van der Waals surface area (Å²) in [6, 6.07) is 6.77. The molecule has 0 fully saturated rings. The lowest BCUT2D eigenvalue weighted by Gasteiger charge is -2.31. The zero-order chi connectivity index (χ0) is 18.0. The number of benzene rings is 1. The van der Waals surface area contributed by atoms with Gasteiger partial charge >= 0.3 is 6.18 Å². The van der Waals surface area contributed by atoms with Crippen LogP contribution >= 0.6 is 0 Å². The number of hydrogen-bond donors (Lipinski definition) is 2. The molecule has 0 saturated heterocycles. The van der Waals surface area contributed by atoms with Gasteiger partial charge in [-0.05, 0) is 19.4 Å². The molecule has 5 nitrogen and oxygen atoms in total. The minimum atomic E-state index is -4.87. The van der Waals surface area contributed by atoms with Crippen LogP contribution in [0.5, 0.6) is 0 Å². The van der Waals surface area contributed by atoms with Gasteiger partial charge in [0.05, 0.1) is 5.69 Å². The van der Waals surface area contributed by atoms with Crippen LogP contribution in [0.15, 0.2) is 34.9 Å². The molecule has 2 rings (SSSR count). The van der Waals surface area contributed by atoms with Gasteiger partial charge in [-0.15, -0.1) is 0 Å². The van der Waals surface area contributed by atoms with Crippen LogP contribution in [-0.2, 0) is 5.60 Å². The third-order valence-electron chi connectivity index (χ3n) is 3.75. The highest BCUT2D eigenvalue weighted by atomic mass is 19.4. The standard InChI is InChI=1S/C16H17F3N2O3/c1-10-13(11(2)24-21-10)14(22)20-9-8-15(23,16(17,18)19)12-6-4-3-5-7-12/h3-7,23H,8-9H2,1-2H3,(H,20,22)/t15-/m1/s1. The average molecular weight is 342 g/mol. The molecular weight excluding hydrogens is 325 g/mol. The third kappa shape index (κ3) is 3.43. The van der Waals surface area contributed by atoms with Crippen LogP contribution < -0.4 is 5.32 Å². The average Bonchev–Trinajstić information content (AvgIpc) is 2.85. The monoisotopic (exact) mass is 342 g/mol. The van der Waals surface area contributed by atoms with Crippen LogP contribution in [-0.4, -0.2) is 28.9 Å². The SMILES string of the molecule is Cc1noc(C)c1C(=O)NCC[C@@](O)(c1ccccc1)C(F)(F)F. The number of carbonyl (C=O) groups excluding carboxylic acids is 1. The number of aliphatic hydroxyl groups is 1. The molecule has 2 aromatic rings. The molecule has 130 valence electrons. The lowest BCUT2D eigenvalue weighted by Crippen LogP contribution is -2.45. The van der Waals surface area contributed by atoms with E-state index in [0.29, 0.717) is 5.69 Å². The van der Waals surface area contributed by atoms with E-state index in [0.717, 1.165) is 0 Å². The van der Waals surface area contributed by atoms with E-state index >= 15 is 0 Å². The van der Waals surface area contributed by atoms with Gasteiger partial charge in [-0.3, -0.25) is 4.79 Å². The van der Waals surface area contributed by atoms with E-state index in [1.807, 2.05) is 0 Å². The maximum atomic E-state index is 13.3. The maximum absolute atomic E-state index is 13.3. The Morgan fingerprint density at radius 1 is 1.25 bits per heavy atom. The lowest BCUT2D eigenvalue weighted by molar-refractivity contribution is -0.268. The van der Waals surface area contributed by atoms with Crippen molar-refractivity contribution in [2.24, 2.45) is 0 Å². The molecule has 0 aliphatic rings. The molecule has 0 spiro atoms. The molecule has 8 heteroatoms. The number of aryl methyl sites for hydroxylation is 2. The molecule has 2 N–H and O–H groups in total. The highest BCUT2D eigenvalue weighted by Crippen LogP contribution is 2.41. The summed E-state index contributed by atoms with van der Waals surface area (Å²) in [5, 5.41) is 16.1. The van der Waals surface area contributed by atoms with Crippen molar-refractivity contribution in [3.63, 3.8) is 0 Å². The number of rotatable bonds is 5. The van der Waals surface area contributed by atoms with Gasteiger partial charge in [0.2, 0.25) is 0 Å². The molecule has 1 atom stereocenters. The molecule has 0 aliphatic carbocycles. The Balaban J connectivity index is 2.11. The number of carbonyl (C=O) groups is 1. The van der Waals surface area contributed by atoms with Crippen molar-refractivity contribution >= 4 is 5.91 Å². The van der Waals surface area contributed by atoms with E-state index in [4.69, 9.17) is 4.52 Å². The van der Waals surface area contributed by atoms with E-state index in [1.165, 1.54) is 31.2 Å². The van der Waals surface area contributed by atoms with Crippen molar-refractivity contribution < 1.29 is 27.6 Å². The van der Waals surface area contributed by atoms with Crippen LogP contribution in [0, 0.1) is 13.8 Å². The van der Waals surface area contributed by atoms with Crippen LogP contribution in [0.1, 0.15) is 33.8 Å². The van der Waals surface area contributed by atoms with E-state index < -0.39 is 24.1 Å². The van der Waals surface area contributed by atoms with Crippen molar-refractivity contribution in [1.29, 1.82) is 0 Å². The number of nitrogens with one attached hydrogen (secondary N) is 1. The van der Waals surface area contributed by atoms with Crippen molar-refractivity contribution in [3.8, 4) is 0 Å². The number of aromatic nitrogens is 1.